The van der Waals surface area contributed by atoms with Crippen molar-refractivity contribution in [2.75, 3.05) is 61.8 Å². The van der Waals surface area contributed by atoms with Gasteiger partial charge in [-0.15, -0.1) is 0 Å². The highest BCUT2D eigenvalue weighted by molar-refractivity contribution is 6.13. The molecule has 0 radical (unpaired) electrons. The number of imide groups is 1. The highest BCUT2D eigenvalue weighted by Crippen LogP contribution is 2.47. The lowest BCUT2D eigenvalue weighted by Gasteiger charge is -2.31. The van der Waals surface area contributed by atoms with Crippen LogP contribution in [-0.4, -0.2) is 125 Å². The smallest absolute Gasteiger partial charge is 0.415 e. The highest BCUT2D eigenvalue weighted by atomic mass is 16.6. The molecule has 0 aliphatic carbocycles. The highest BCUT2D eigenvalue weighted by Gasteiger charge is 2.36. The van der Waals surface area contributed by atoms with Crippen molar-refractivity contribution in [2.24, 2.45) is 0 Å². The fourth-order valence-electron chi connectivity index (χ4n) is 8.97. The van der Waals surface area contributed by atoms with E-state index >= 15 is 0 Å². The molecule has 3 aliphatic heterocycles. The lowest BCUT2D eigenvalue weighted by atomic mass is 9.93. The van der Waals surface area contributed by atoms with Gasteiger partial charge in [0.2, 0.25) is 11.8 Å². The third-order valence-electron chi connectivity index (χ3n) is 12.8. The summed E-state index contributed by atoms with van der Waals surface area (Å²) in [6.45, 7) is 5.41. The van der Waals surface area contributed by atoms with Crippen LogP contribution in [0.3, 0.4) is 0 Å². The van der Waals surface area contributed by atoms with E-state index in [0.717, 1.165) is 40.7 Å². The number of benzene rings is 4. The SMILES string of the molecule is CC[C@@H]1CN(C(=O)c2cc3cc(NC(=O)c4ccc(NC(=O)[C@H](CCC(=O)O)NC(=O)CCCCCN5C(=O)C=CC5=O)cc4)ccc3[nH]2)c2cc(OC(=O)N3CCN(C)CC3)c3ccccc3c21. The van der Waals surface area contributed by atoms with Gasteiger partial charge in [-0.05, 0) is 92.2 Å². The molecule has 4 heterocycles. The number of carbonyl (C=O) groups excluding carboxylic acids is 7. The average Bonchev–Trinajstić information content (AvgIpc) is 4.04. The van der Waals surface area contributed by atoms with Crippen LogP contribution in [0.2, 0.25) is 0 Å². The number of carboxylic acid groups (broad SMARTS) is 1. The second-order valence-corrected chi connectivity index (χ2v) is 17.6. The van der Waals surface area contributed by atoms with Gasteiger partial charge in [-0.2, -0.15) is 0 Å². The molecule has 3 aliphatic rings. The summed E-state index contributed by atoms with van der Waals surface area (Å²) in [5, 5.41) is 19.9. The van der Waals surface area contributed by atoms with E-state index < -0.39 is 35.8 Å². The number of anilines is 3. The Morgan fingerprint density at radius 3 is 2.23 bits per heavy atom. The Morgan fingerprint density at radius 1 is 0.812 bits per heavy atom. The van der Waals surface area contributed by atoms with E-state index in [1.54, 1.807) is 34.1 Å². The Bertz CT molecular complexity index is 2850. The second kappa shape index (κ2) is 21.0. The number of ether oxygens (including phenoxy) is 1. The fraction of sp³-hybridized carbons (Fsp3) is 0.333. The number of hydrogen-bond acceptors (Lipinski definition) is 10. The molecule has 5 N–H and O–H groups in total. The van der Waals surface area contributed by atoms with Crippen molar-refractivity contribution in [1.29, 1.82) is 0 Å². The Kier molecular flexibility index (Phi) is 14.5. The van der Waals surface area contributed by atoms with E-state index in [1.807, 2.05) is 37.4 Å². The van der Waals surface area contributed by atoms with Crippen molar-refractivity contribution in [3.8, 4) is 5.75 Å². The van der Waals surface area contributed by atoms with Gasteiger partial charge in [0.05, 0.1) is 5.69 Å². The van der Waals surface area contributed by atoms with Crippen molar-refractivity contribution in [3.63, 3.8) is 0 Å². The first-order chi connectivity index (χ1) is 33.3. The molecule has 1 saturated heterocycles. The molecule has 1 fully saturated rings. The van der Waals surface area contributed by atoms with Crippen LogP contribution in [0, 0.1) is 0 Å². The van der Waals surface area contributed by atoms with E-state index in [-0.39, 0.29) is 55.0 Å². The van der Waals surface area contributed by atoms with Crippen LogP contribution in [0.5, 0.6) is 5.75 Å². The van der Waals surface area contributed by atoms with Crippen molar-refractivity contribution in [1.82, 2.24) is 25.0 Å². The first-order valence-electron chi connectivity index (χ1n) is 23.2. The molecular weight excluding hydrogens is 885 g/mol. The maximum absolute atomic E-state index is 14.4. The number of aliphatic carboxylic acids is 1. The van der Waals surface area contributed by atoms with Gasteiger partial charge in [-0.25, -0.2) is 4.79 Å². The lowest BCUT2D eigenvalue weighted by molar-refractivity contribution is -0.138. The van der Waals surface area contributed by atoms with Gasteiger partial charge in [-0.1, -0.05) is 37.6 Å². The van der Waals surface area contributed by atoms with Crippen molar-refractivity contribution in [3.05, 3.63) is 108 Å². The van der Waals surface area contributed by atoms with Gasteiger partial charge in [0.25, 0.3) is 23.6 Å². The Labute approximate surface area is 397 Å². The molecule has 0 unspecified atom stereocenters. The molecule has 7 amide bonds. The summed E-state index contributed by atoms with van der Waals surface area (Å²) in [6, 6.07) is 21.5. The maximum atomic E-state index is 14.4. The van der Waals surface area contributed by atoms with Crippen LogP contribution in [0.25, 0.3) is 21.7 Å². The van der Waals surface area contributed by atoms with E-state index in [0.29, 0.717) is 78.3 Å². The Morgan fingerprint density at radius 2 is 1.52 bits per heavy atom. The number of aromatic nitrogens is 1. The summed E-state index contributed by atoms with van der Waals surface area (Å²) in [4.78, 5) is 112. The van der Waals surface area contributed by atoms with E-state index in [1.165, 1.54) is 36.4 Å². The summed E-state index contributed by atoms with van der Waals surface area (Å²) < 4.78 is 6.07. The van der Waals surface area contributed by atoms with Gasteiger partial charge >= 0.3 is 12.1 Å². The summed E-state index contributed by atoms with van der Waals surface area (Å²) in [5.74, 6) is -3.18. The number of likely N-dealkylation sites (N-methyl/N-ethyl adjacent to an activating group) is 1. The number of amides is 7. The van der Waals surface area contributed by atoms with Crippen molar-refractivity contribution in [2.45, 2.75) is 63.8 Å². The zero-order chi connectivity index (χ0) is 48.8. The summed E-state index contributed by atoms with van der Waals surface area (Å²) in [7, 11) is 2.02. The molecule has 18 nitrogen and oxygen atoms in total. The minimum atomic E-state index is -1.14. The number of carboxylic acids is 1. The van der Waals surface area contributed by atoms with Gasteiger partial charge in [0.15, 0.2) is 0 Å². The largest absolute Gasteiger partial charge is 0.481 e. The number of nitrogens with one attached hydrogen (secondary N) is 4. The Balaban J connectivity index is 0.888. The molecular formula is C51H54N8O10. The molecule has 0 spiro atoms. The monoisotopic (exact) mass is 938 g/mol. The molecule has 2 atom stereocenters. The minimum Gasteiger partial charge on any atom is -0.481 e. The molecule has 18 heteroatoms. The van der Waals surface area contributed by atoms with Crippen LogP contribution >= 0.6 is 0 Å². The van der Waals surface area contributed by atoms with Gasteiger partial charge < -0.3 is 45.5 Å². The molecule has 69 heavy (non-hydrogen) atoms. The third-order valence-corrected chi connectivity index (χ3v) is 12.8. The minimum absolute atomic E-state index is 0.0572. The zero-order valence-electron chi connectivity index (χ0n) is 38.4. The fourth-order valence-corrected chi connectivity index (χ4v) is 8.97. The number of fused-ring (bicyclic) bond motifs is 4. The number of piperazine rings is 1. The standard InChI is InChI=1S/C51H54N8O10/c1-3-31-30-59(41-29-42(36-9-6-7-10-37(36)47(31)41)69-51(68)57-25-23-56(2)24-26-57)50(67)40-28-33-27-35(16-17-38(33)54-40)53-48(65)32-12-14-34(15-13-32)52-49(66)39(18-21-46(63)64)55-43(60)11-5-4-8-22-58-44(61)19-20-45(58)62/h6-7,9-10,12-17,19-20,27-29,31,39,54H,3-5,8,11,18,21-26,30H2,1-2H3,(H,52,66)(H,53,65)(H,55,60)(H,63,64)/t31-,39+/m1/s1. The van der Waals surface area contributed by atoms with Gasteiger partial charge in [0, 0.05) is 109 Å². The van der Waals surface area contributed by atoms with Crippen LogP contribution in [-0.2, 0) is 24.0 Å². The van der Waals surface area contributed by atoms with Crippen molar-refractivity contribution < 1.29 is 48.2 Å². The topological polar surface area (TPSA) is 231 Å². The molecule has 0 bridgehead atoms. The molecule has 0 saturated carbocycles. The van der Waals surface area contributed by atoms with E-state index in [9.17, 15) is 43.5 Å². The number of carbonyl (C=O) groups is 8. The molecule has 4 aromatic carbocycles. The van der Waals surface area contributed by atoms with E-state index in [2.05, 4.69) is 32.8 Å². The summed E-state index contributed by atoms with van der Waals surface area (Å²) in [5.41, 5.74) is 3.84. The van der Waals surface area contributed by atoms with Crippen LogP contribution in [0.4, 0.5) is 21.9 Å². The van der Waals surface area contributed by atoms with Crippen molar-refractivity contribution >= 4 is 86.2 Å². The van der Waals surface area contributed by atoms with Gasteiger partial charge in [0.1, 0.15) is 17.5 Å². The number of nitrogens with zero attached hydrogens (tertiary/aromatic N) is 4. The molecule has 5 aromatic rings. The number of H-pyrrole nitrogens is 1. The quantitative estimate of drug-likeness (QED) is 0.0517. The first-order valence-corrected chi connectivity index (χ1v) is 23.2. The predicted molar refractivity (Wildman–Crippen MR) is 258 cm³/mol. The summed E-state index contributed by atoms with van der Waals surface area (Å²) >= 11 is 0. The van der Waals surface area contributed by atoms with Gasteiger partial charge in [-0.3, -0.25) is 38.5 Å². The normalized spacial score (nSPS) is 16.2. The molecule has 8 rings (SSSR count). The number of unbranched alkanes of at least 4 members (excludes halogenated alkanes) is 2. The maximum Gasteiger partial charge on any atom is 0.415 e. The van der Waals surface area contributed by atoms with Crippen LogP contribution in [0.1, 0.15) is 84.2 Å². The van der Waals surface area contributed by atoms with Crippen LogP contribution < -0.4 is 25.6 Å². The Hall–Kier alpha value is -7.86. The summed E-state index contributed by atoms with van der Waals surface area (Å²) in [6.07, 6.45) is 3.82. The lowest BCUT2D eigenvalue weighted by Crippen LogP contribution is -2.48. The van der Waals surface area contributed by atoms with E-state index in [4.69, 9.17) is 4.74 Å². The second-order valence-electron chi connectivity index (χ2n) is 17.6. The number of hydrogen-bond donors (Lipinski definition) is 5. The predicted octanol–water partition coefficient (Wildman–Crippen LogP) is 6.25. The molecule has 1 aromatic heterocycles. The zero-order valence-corrected chi connectivity index (χ0v) is 38.4. The number of aromatic amines is 1. The third kappa shape index (κ3) is 11.0. The van der Waals surface area contributed by atoms with Crippen LogP contribution in [0.15, 0.2) is 91.0 Å². The molecule has 358 valence electrons. The number of rotatable bonds is 17. The average molecular weight is 939 g/mol. The first kappa shape index (κ1) is 47.6.